The van der Waals surface area contributed by atoms with E-state index < -0.39 is 6.03 Å². The lowest BCUT2D eigenvalue weighted by molar-refractivity contribution is 0.0402. The number of carbonyl (C=O) groups is 1. The van der Waals surface area contributed by atoms with E-state index in [1.165, 1.54) is 0 Å². The number of hydrogen-bond acceptors (Lipinski definition) is 6. The molecule has 2 rings (SSSR count). The normalized spacial score (nSPS) is 22.1. The summed E-state index contributed by atoms with van der Waals surface area (Å²) in [4.78, 5) is 15.0. The Balaban J connectivity index is 1.79. The van der Waals surface area contributed by atoms with Gasteiger partial charge < -0.3 is 25.0 Å². The third kappa shape index (κ3) is 4.17. The summed E-state index contributed by atoms with van der Waals surface area (Å²) in [6, 6.07) is -0.544. The number of amides is 2. The van der Waals surface area contributed by atoms with Crippen LogP contribution in [0.4, 0.5) is 4.79 Å². The van der Waals surface area contributed by atoms with Crippen LogP contribution in [-0.4, -0.2) is 42.5 Å². The van der Waals surface area contributed by atoms with Crippen LogP contribution in [0.3, 0.4) is 0 Å². The molecule has 8 nitrogen and oxygen atoms in total. The number of hydrogen-bond donors (Lipinski definition) is 2. The van der Waals surface area contributed by atoms with Crippen LogP contribution in [0.2, 0.25) is 0 Å². The van der Waals surface area contributed by atoms with Crippen LogP contribution in [-0.2, 0) is 15.9 Å². The smallest absolute Gasteiger partial charge is 0.312 e. The van der Waals surface area contributed by atoms with Crippen molar-refractivity contribution >= 4 is 6.03 Å². The predicted octanol–water partition coefficient (Wildman–Crippen LogP) is 0.537. The van der Waals surface area contributed by atoms with Crippen LogP contribution in [0.25, 0.3) is 0 Å². The second kappa shape index (κ2) is 7.20. The Morgan fingerprint density at radius 3 is 3.15 bits per heavy atom. The zero-order chi connectivity index (χ0) is 14.4. The van der Waals surface area contributed by atoms with E-state index >= 15 is 0 Å². The fourth-order valence-corrected chi connectivity index (χ4v) is 2.13. The highest BCUT2D eigenvalue weighted by atomic mass is 16.5. The Kier molecular flexibility index (Phi) is 5.31. The summed E-state index contributed by atoms with van der Waals surface area (Å²) < 4.78 is 15.9. The van der Waals surface area contributed by atoms with Gasteiger partial charge in [-0.3, -0.25) is 0 Å². The van der Waals surface area contributed by atoms with Crippen LogP contribution < -0.4 is 11.1 Å². The lowest BCUT2D eigenvalue weighted by Crippen LogP contribution is -2.35. The molecular weight excluding hydrogens is 264 g/mol. The van der Waals surface area contributed by atoms with Crippen LogP contribution in [0.1, 0.15) is 37.1 Å². The number of aryl methyl sites for hydroxylation is 1. The fourth-order valence-electron chi connectivity index (χ4n) is 2.13. The van der Waals surface area contributed by atoms with Gasteiger partial charge in [-0.2, -0.15) is 4.98 Å². The zero-order valence-corrected chi connectivity index (χ0v) is 11.5. The van der Waals surface area contributed by atoms with Gasteiger partial charge in [-0.25, -0.2) is 4.79 Å². The van der Waals surface area contributed by atoms with Crippen molar-refractivity contribution in [2.24, 2.45) is 5.73 Å². The van der Waals surface area contributed by atoms with Crippen LogP contribution >= 0.6 is 0 Å². The van der Waals surface area contributed by atoms with Gasteiger partial charge in [0.15, 0.2) is 0 Å². The summed E-state index contributed by atoms with van der Waals surface area (Å²) >= 11 is 0. The molecule has 0 bridgehead atoms. The fraction of sp³-hybridized carbons (Fsp3) is 0.750. The third-order valence-electron chi connectivity index (χ3n) is 3.12. The first-order valence-electron chi connectivity index (χ1n) is 6.69. The summed E-state index contributed by atoms with van der Waals surface area (Å²) in [5, 5.41) is 6.48. The first-order valence-corrected chi connectivity index (χ1v) is 6.69. The monoisotopic (exact) mass is 284 g/mol. The van der Waals surface area contributed by atoms with Gasteiger partial charge in [0, 0.05) is 26.7 Å². The largest absolute Gasteiger partial charge is 0.385 e. The molecule has 0 spiro atoms. The van der Waals surface area contributed by atoms with Crippen LogP contribution in [0.5, 0.6) is 0 Å². The zero-order valence-electron chi connectivity index (χ0n) is 11.5. The number of ether oxygens (including phenoxy) is 2. The van der Waals surface area contributed by atoms with E-state index in [1.807, 2.05) is 0 Å². The molecule has 0 radical (unpaired) electrons. The maximum Gasteiger partial charge on any atom is 0.312 e. The standard InChI is InChI=1S/C12H20N4O4/c1-18-6-2-3-10-15-11(16-20-10)9-5-4-8(19-9)7-14-12(13)17/h8-9H,2-7H2,1H3,(H3,13,14,17). The highest BCUT2D eigenvalue weighted by Crippen LogP contribution is 2.30. The van der Waals surface area contributed by atoms with E-state index in [0.29, 0.717) is 31.3 Å². The van der Waals surface area contributed by atoms with Gasteiger partial charge in [-0.15, -0.1) is 0 Å². The highest BCUT2D eigenvalue weighted by Gasteiger charge is 2.30. The Bertz CT molecular complexity index is 437. The molecule has 8 heteroatoms. The minimum atomic E-state index is -0.544. The van der Waals surface area contributed by atoms with Gasteiger partial charge >= 0.3 is 6.03 Å². The molecule has 2 heterocycles. The average molecular weight is 284 g/mol. The number of methoxy groups -OCH3 is 1. The van der Waals surface area contributed by atoms with Crippen molar-refractivity contribution in [3.63, 3.8) is 0 Å². The van der Waals surface area contributed by atoms with Crippen molar-refractivity contribution in [3.8, 4) is 0 Å². The topological polar surface area (TPSA) is 113 Å². The van der Waals surface area contributed by atoms with Gasteiger partial charge in [-0.05, 0) is 19.3 Å². The second-order valence-corrected chi connectivity index (χ2v) is 4.71. The number of nitrogens with one attached hydrogen (secondary N) is 1. The predicted molar refractivity (Wildman–Crippen MR) is 68.9 cm³/mol. The molecule has 1 saturated heterocycles. The number of nitrogens with two attached hydrogens (primary N) is 1. The van der Waals surface area contributed by atoms with Crippen molar-refractivity contribution in [2.45, 2.75) is 37.9 Å². The van der Waals surface area contributed by atoms with Gasteiger partial charge in [0.05, 0.1) is 6.10 Å². The van der Waals surface area contributed by atoms with Crippen molar-refractivity contribution in [2.75, 3.05) is 20.3 Å². The van der Waals surface area contributed by atoms with Gasteiger partial charge in [0.25, 0.3) is 0 Å². The number of aromatic nitrogens is 2. The number of rotatable bonds is 7. The molecule has 2 unspecified atom stereocenters. The van der Waals surface area contributed by atoms with Crippen molar-refractivity contribution in [1.82, 2.24) is 15.5 Å². The molecule has 1 aliphatic heterocycles. The molecule has 3 N–H and O–H groups in total. The molecule has 0 saturated carbocycles. The van der Waals surface area contributed by atoms with E-state index in [4.69, 9.17) is 19.7 Å². The first-order chi connectivity index (χ1) is 9.69. The Morgan fingerprint density at radius 1 is 1.55 bits per heavy atom. The summed E-state index contributed by atoms with van der Waals surface area (Å²) in [5.41, 5.74) is 5.02. The van der Waals surface area contributed by atoms with Crippen LogP contribution in [0.15, 0.2) is 4.52 Å². The van der Waals surface area contributed by atoms with E-state index in [0.717, 1.165) is 19.3 Å². The SMILES string of the molecule is COCCCc1nc(C2CCC(CNC(N)=O)O2)no1. The molecule has 20 heavy (non-hydrogen) atoms. The number of urea groups is 1. The Labute approximate surface area is 117 Å². The summed E-state index contributed by atoms with van der Waals surface area (Å²) in [7, 11) is 1.66. The van der Waals surface area contributed by atoms with Gasteiger partial charge in [0.1, 0.15) is 6.10 Å². The molecule has 2 amide bonds. The summed E-state index contributed by atoms with van der Waals surface area (Å²) in [5.74, 6) is 1.17. The van der Waals surface area contributed by atoms with E-state index in [1.54, 1.807) is 7.11 Å². The molecule has 112 valence electrons. The minimum absolute atomic E-state index is 0.0528. The molecule has 1 fully saturated rings. The molecular formula is C12H20N4O4. The van der Waals surface area contributed by atoms with E-state index in [-0.39, 0.29) is 12.2 Å². The molecule has 0 aliphatic carbocycles. The molecule has 1 aromatic heterocycles. The Hall–Kier alpha value is -1.67. The first kappa shape index (κ1) is 14.7. The maximum atomic E-state index is 10.6. The number of carbonyl (C=O) groups excluding carboxylic acids is 1. The second-order valence-electron chi connectivity index (χ2n) is 4.71. The van der Waals surface area contributed by atoms with Crippen molar-refractivity contribution in [1.29, 1.82) is 0 Å². The van der Waals surface area contributed by atoms with Crippen molar-refractivity contribution in [3.05, 3.63) is 11.7 Å². The van der Waals surface area contributed by atoms with Crippen LogP contribution in [0, 0.1) is 0 Å². The number of primary amides is 1. The molecule has 2 atom stereocenters. The Morgan fingerprint density at radius 2 is 2.40 bits per heavy atom. The summed E-state index contributed by atoms with van der Waals surface area (Å²) in [6.45, 7) is 1.07. The van der Waals surface area contributed by atoms with E-state index in [9.17, 15) is 4.79 Å². The molecule has 1 aromatic rings. The maximum absolute atomic E-state index is 10.6. The van der Waals surface area contributed by atoms with E-state index in [2.05, 4.69) is 15.5 Å². The lowest BCUT2D eigenvalue weighted by atomic mass is 10.2. The van der Waals surface area contributed by atoms with Gasteiger partial charge in [-0.1, -0.05) is 5.16 Å². The van der Waals surface area contributed by atoms with Crippen molar-refractivity contribution < 1.29 is 18.8 Å². The number of nitrogens with zero attached hydrogens (tertiary/aromatic N) is 2. The minimum Gasteiger partial charge on any atom is -0.385 e. The molecule has 0 aromatic carbocycles. The molecule has 1 aliphatic rings. The van der Waals surface area contributed by atoms with Gasteiger partial charge in [0.2, 0.25) is 11.7 Å². The quantitative estimate of drug-likeness (QED) is 0.706. The average Bonchev–Trinajstić information content (AvgIpc) is 3.05. The lowest BCUT2D eigenvalue weighted by Gasteiger charge is -2.11. The third-order valence-corrected chi connectivity index (χ3v) is 3.12. The highest BCUT2D eigenvalue weighted by molar-refractivity contribution is 5.71. The summed E-state index contributed by atoms with van der Waals surface area (Å²) in [6.07, 6.45) is 2.95.